The van der Waals surface area contributed by atoms with E-state index in [9.17, 15) is 4.79 Å². The van der Waals surface area contributed by atoms with Crippen LogP contribution in [0, 0.1) is 12.3 Å². The second kappa shape index (κ2) is 4.22. The molecule has 0 aromatic rings. The molecular formula is C6H7ClO2. The number of carbonyl (C=O) groups is 1. The van der Waals surface area contributed by atoms with Crippen LogP contribution in [0.15, 0.2) is 0 Å². The van der Waals surface area contributed by atoms with E-state index in [0.29, 0.717) is 0 Å². The topological polar surface area (TPSA) is 26.3 Å². The lowest BCUT2D eigenvalue weighted by molar-refractivity contribution is -0.141. The number of carbonyl (C=O) groups excluding carboxylic acids is 1. The Morgan fingerprint density at radius 2 is 2.56 bits per heavy atom. The van der Waals surface area contributed by atoms with Gasteiger partial charge < -0.3 is 4.74 Å². The van der Waals surface area contributed by atoms with Crippen LogP contribution in [0.3, 0.4) is 0 Å². The van der Waals surface area contributed by atoms with Crippen LogP contribution in [-0.2, 0) is 9.53 Å². The predicted octanol–water partition coefficient (Wildman–Crippen LogP) is 0.790. The summed E-state index contributed by atoms with van der Waals surface area (Å²) in [6.45, 7) is 1.52. The van der Waals surface area contributed by atoms with Crippen molar-refractivity contribution in [2.45, 2.75) is 12.3 Å². The molecule has 0 saturated carbocycles. The minimum atomic E-state index is -0.613. The summed E-state index contributed by atoms with van der Waals surface area (Å²) in [6.07, 6.45) is 4.81. The van der Waals surface area contributed by atoms with Gasteiger partial charge in [-0.2, -0.15) is 0 Å². The Labute approximate surface area is 59.1 Å². The minimum absolute atomic E-state index is 0.00407. The van der Waals surface area contributed by atoms with E-state index in [1.54, 1.807) is 0 Å². The predicted molar refractivity (Wildman–Crippen MR) is 35.1 cm³/mol. The molecule has 0 unspecified atom stereocenters. The Hall–Kier alpha value is -0.680. The summed E-state index contributed by atoms with van der Waals surface area (Å²) in [5, 5.41) is -0.613. The monoisotopic (exact) mass is 146 g/mol. The fraction of sp³-hybridized carbons (Fsp3) is 0.500. The average Bonchev–Trinajstić information content (AvgIpc) is 1.82. The molecular weight excluding hydrogens is 140 g/mol. The maximum Gasteiger partial charge on any atom is 0.324 e. The van der Waals surface area contributed by atoms with Crippen LogP contribution < -0.4 is 0 Å². The molecule has 2 nitrogen and oxygen atoms in total. The van der Waals surface area contributed by atoms with E-state index >= 15 is 0 Å². The number of ether oxygens (including phenoxy) is 1. The SMILES string of the molecule is C#CCOC(=O)[C@H](C)Cl. The Kier molecular flexibility index (Phi) is 3.90. The summed E-state index contributed by atoms with van der Waals surface area (Å²) < 4.78 is 4.45. The van der Waals surface area contributed by atoms with Gasteiger partial charge in [0.25, 0.3) is 0 Å². The van der Waals surface area contributed by atoms with Gasteiger partial charge in [-0.3, -0.25) is 4.79 Å². The quantitative estimate of drug-likeness (QED) is 0.327. The molecule has 0 aromatic carbocycles. The molecule has 0 rings (SSSR count). The zero-order valence-corrected chi connectivity index (χ0v) is 5.81. The van der Waals surface area contributed by atoms with E-state index in [0.717, 1.165) is 0 Å². The van der Waals surface area contributed by atoms with E-state index in [4.69, 9.17) is 18.0 Å². The van der Waals surface area contributed by atoms with Gasteiger partial charge in [0.15, 0.2) is 6.61 Å². The number of esters is 1. The van der Waals surface area contributed by atoms with Gasteiger partial charge in [-0.1, -0.05) is 5.92 Å². The van der Waals surface area contributed by atoms with Crippen molar-refractivity contribution in [2.24, 2.45) is 0 Å². The summed E-state index contributed by atoms with van der Waals surface area (Å²) in [6, 6.07) is 0. The van der Waals surface area contributed by atoms with Crippen molar-refractivity contribution in [2.75, 3.05) is 6.61 Å². The van der Waals surface area contributed by atoms with E-state index in [2.05, 4.69) is 10.7 Å². The van der Waals surface area contributed by atoms with Crippen LogP contribution in [-0.4, -0.2) is 18.0 Å². The number of hydrogen-bond acceptors (Lipinski definition) is 2. The lowest BCUT2D eigenvalue weighted by atomic mass is 10.5. The summed E-state index contributed by atoms with van der Waals surface area (Å²) >= 11 is 5.32. The number of rotatable bonds is 2. The smallest absolute Gasteiger partial charge is 0.324 e. The summed E-state index contributed by atoms with van der Waals surface area (Å²) in [5.41, 5.74) is 0. The van der Waals surface area contributed by atoms with Gasteiger partial charge in [-0.05, 0) is 6.92 Å². The zero-order valence-electron chi connectivity index (χ0n) is 5.06. The van der Waals surface area contributed by atoms with E-state index in [1.165, 1.54) is 6.92 Å². The molecule has 0 aliphatic rings. The Balaban J connectivity index is 3.42. The van der Waals surface area contributed by atoms with Crippen molar-refractivity contribution in [3.63, 3.8) is 0 Å². The van der Waals surface area contributed by atoms with Gasteiger partial charge in [-0.25, -0.2) is 0 Å². The summed E-state index contributed by atoms with van der Waals surface area (Å²) in [7, 11) is 0. The first-order valence-corrected chi connectivity index (χ1v) is 2.86. The number of hydrogen-bond donors (Lipinski definition) is 0. The molecule has 0 aliphatic heterocycles. The molecule has 0 bridgehead atoms. The van der Waals surface area contributed by atoms with Crippen molar-refractivity contribution in [3.8, 4) is 12.3 Å². The highest BCUT2D eigenvalue weighted by molar-refractivity contribution is 6.29. The molecule has 0 heterocycles. The second-order valence-electron chi connectivity index (χ2n) is 1.43. The Morgan fingerprint density at radius 1 is 2.00 bits per heavy atom. The highest BCUT2D eigenvalue weighted by atomic mass is 35.5. The van der Waals surface area contributed by atoms with Gasteiger partial charge >= 0.3 is 5.97 Å². The van der Waals surface area contributed by atoms with Crippen molar-refractivity contribution in [1.29, 1.82) is 0 Å². The van der Waals surface area contributed by atoms with Gasteiger partial charge in [0.2, 0.25) is 0 Å². The number of alkyl halides is 1. The minimum Gasteiger partial charge on any atom is -0.451 e. The van der Waals surface area contributed by atoms with Gasteiger partial charge in [-0.15, -0.1) is 18.0 Å². The zero-order chi connectivity index (χ0) is 7.28. The maximum atomic E-state index is 10.5. The first-order valence-electron chi connectivity index (χ1n) is 2.42. The third kappa shape index (κ3) is 3.87. The molecule has 0 spiro atoms. The lowest BCUT2D eigenvalue weighted by Gasteiger charge is -1.99. The van der Waals surface area contributed by atoms with Gasteiger partial charge in [0.1, 0.15) is 5.38 Å². The molecule has 0 aromatic heterocycles. The van der Waals surface area contributed by atoms with Crippen LogP contribution in [0.1, 0.15) is 6.92 Å². The molecule has 50 valence electrons. The third-order valence-corrected chi connectivity index (χ3v) is 0.801. The highest BCUT2D eigenvalue weighted by Gasteiger charge is 2.08. The fourth-order valence-corrected chi connectivity index (χ4v) is 0.291. The number of halogens is 1. The molecule has 0 saturated heterocycles. The molecule has 9 heavy (non-hydrogen) atoms. The van der Waals surface area contributed by atoms with Crippen LogP contribution in [0.4, 0.5) is 0 Å². The Morgan fingerprint density at radius 3 is 2.89 bits per heavy atom. The van der Waals surface area contributed by atoms with Crippen LogP contribution in [0.5, 0.6) is 0 Å². The molecule has 0 fully saturated rings. The second-order valence-corrected chi connectivity index (χ2v) is 2.08. The van der Waals surface area contributed by atoms with Crippen LogP contribution >= 0.6 is 11.6 Å². The first kappa shape index (κ1) is 8.32. The molecule has 0 radical (unpaired) electrons. The van der Waals surface area contributed by atoms with E-state index < -0.39 is 11.3 Å². The standard InChI is InChI=1S/C6H7ClO2/c1-3-4-9-6(8)5(2)7/h1,5H,4H2,2H3/t5-/m0/s1. The molecule has 3 heteroatoms. The normalized spacial score (nSPS) is 11.7. The maximum absolute atomic E-state index is 10.5. The molecule has 0 aliphatic carbocycles. The average molecular weight is 147 g/mol. The molecule has 0 amide bonds. The van der Waals surface area contributed by atoms with Crippen LogP contribution in [0.25, 0.3) is 0 Å². The van der Waals surface area contributed by atoms with Gasteiger partial charge in [0, 0.05) is 0 Å². The first-order chi connectivity index (χ1) is 4.18. The molecule has 0 N–H and O–H groups in total. The molecule has 1 atom stereocenters. The lowest BCUT2D eigenvalue weighted by Crippen LogP contribution is -2.14. The van der Waals surface area contributed by atoms with Crippen LogP contribution in [0.2, 0.25) is 0 Å². The number of terminal acetylenes is 1. The van der Waals surface area contributed by atoms with Crippen molar-refractivity contribution >= 4 is 17.6 Å². The highest BCUT2D eigenvalue weighted by Crippen LogP contribution is 1.95. The third-order valence-electron chi connectivity index (χ3n) is 0.623. The summed E-state index contributed by atoms with van der Waals surface area (Å²) in [4.78, 5) is 10.5. The van der Waals surface area contributed by atoms with Crippen molar-refractivity contribution in [3.05, 3.63) is 0 Å². The van der Waals surface area contributed by atoms with Crippen molar-refractivity contribution < 1.29 is 9.53 Å². The van der Waals surface area contributed by atoms with E-state index in [-0.39, 0.29) is 6.61 Å². The van der Waals surface area contributed by atoms with E-state index in [1.807, 2.05) is 0 Å². The fourth-order valence-electron chi connectivity index (χ4n) is 0.228. The largest absolute Gasteiger partial charge is 0.451 e. The summed E-state index contributed by atoms with van der Waals surface area (Å²) in [5.74, 6) is 1.67. The van der Waals surface area contributed by atoms with Crippen molar-refractivity contribution in [1.82, 2.24) is 0 Å². The Bertz CT molecular complexity index is 134. The van der Waals surface area contributed by atoms with Gasteiger partial charge in [0.05, 0.1) is 0 Å².